The second-order valence-corrected chi connectivity index (χ2v) is 6.71. The Kier molecular flexibility index (Phi) is 5.42. The van der Waals surface area contributed by atoms with Crippen molar-refractivity contribution < 1.29 is 8.42 Å². The number of hydrogen-bond acceptors (Lipinski definition) is 3. The van der Waals surface area contributed by atoms with Gasteiger partial charge in [-0.25, -0.2) is 0 Å². The molecular formula is C12H19N3O2S2. The van der Waals surface area contributed by atoms with Gasteiger partial charge in [-0.15, -0.1) is 0 Å². The smallest absolute Gasteiger partial charge is 0.280 e. The van der Waals surface area contributed by atoms with E-state index in [1.54, 1.807) is 38.1 Å². The normalized spacial score (nSPS) is 13.7. The van der Waals surface area contributed by atoms with Crippen LogP contribution in [0.3, 0.4) is 0 Å². The molecule has 5 nitrogen and oxygen atoms in total. The minimum absolute atomic E-state index is 0.0898. The Morgan fingerprint density at radius 1 is 1.32 bits per heavy atom. The first-order chi connectivity index (χ1) is 8.75. The molecule has 1 unspecified atom stereocenters. The van der Waals surface area contributed by atoms with Crippen LogP contribution in [0.25, 0.3) is 0 Å². The highest BCUT2D eigenvalue weighted by Gasteiger charge is 2.26. The van der Waals surface area contributed by atoms with Crippen molar-refractivity contribution in [2.24, 2.45) is 5.73 Å². The maximum atomic E-state index is 12.2. The fourth-order valence-corrected chi connectivity index (χ4v) is 3.00. The number of benzene rings is 1. The minimum atomic E-state index is -3.64. The lowest BCUT2D eigenvalue weighted by molar-refractivity contribution is 0.401. The molecule has 0 amide bonds. The lowest BCUT2D eigenvalue weighted by Gasteiger charge is -2.25. The number of nitrogens with one attached hydrogen (secondary N) is 1. The number of nitrogens with zero attached hydrogens (tertiary/aromatic N) is 1. The first-order valence-corrected chi connectivity index (χ1v) is 7.70. The summed E-state index contributed by atoms with van der Waals surface area (Å²) in [5.41, 5.74) is 6.36. The van der Waals surface area contributed by atoms with Gasteiger partial charge >= 0.3 is 0 Å². The molecule has 0 fully saturated rings. The third-order valence-corrected chi connectivity index (χ3v) is 4.74. The van der Waals surface area contributed by atoms with E-state index in [4.69, 9.17) is 18.0 Å². The zero-order valence-corrected chi connectivity index (χ0v) is 12.8. The van der Waals surface area contributed by atoms with Gasteiger partial charge in [-0.3, -0.25) is 0 Å². The van der Waals surface area contributed by atoms with Crippen molar-refractivity contribution in [2.75, 3.05) is 7.05 Å². The van der Waals surface area contributed by atoms with E-state index in [1.807, 2.05) is 6.07 Å². The van der Waals surface area contributed by atoms with Crippen molar-refractivity contribution in [3.05, 3.63) is 35.9 Å². The number of nitrogens with two attached hydrogens (primary N) is 1. The summed E-state index contributed by atoms with van der Waals surface area (Å²) >= 11 is 4.95. The summed E-state index contributed by atoms with van der Waals surface area (Å²) in [6.07, 6.45) is 0. The van der Waals surface area contributed by atoms with Crippen LogP contribution in [0.5, 0.6) is 0 Å². The molecular weight excluding hydrogens is 282 g/mol. The van der Waals surface area contributed by atoms with Gasteiger partial charge in [0, 0.05) is 13.1 Å². The molecule has 1 atom stereocenters. The molecule has 0 spiro atoms. The zero-order chi connectivity index (χ0) is 14.6. The molecule has 19 heavy (non-hydrogen) atoms. The molecule has 0 heterocycles. The number of thiocarbonyl (C=S) groups is 1. The van der Waals surface area contributed by atoms with Crippen LogP contribution in [0.1, 0.15) is 25.5 Å². The Labute approximate surface area is 120 Å². The molecule has 0 aromatic heterocycles. The first-order valence-electron chi connectivity index (χ1n) is 5.85. The zero-order valence-electron chi connectivity index (χ0n) is 11.2. The summed E-state index contributed by atoms with van der Waals surface area (Å²) in [5.74, 6) is 0. The highest BCUT2D eigenvalue weighted by atomic mass is 32.2. The maximum Gasteiger partial charge on any atom is 0.280 e. The molecule has 1 rings (SSSR count). The maximum absolute atomic E-state index is 12.2. The lowest BCUT2D eigenvalue weighted by atomic mass is 10.1. The Balaban J connectivity index is 3.02. The fraction of sp³-hybridized carbons (Fsp3) is 0.417. The van der Waals surface area contributed by atoms with E-state index < -0.39 is 16.3 Å². The van der Waals surface area contributed by atoms with Gasteiger partial charge in [-0.1, -0.05) is 42.5 Å². The van der Waals surface area contributed by atoms with Crippen LogP contribution in [-0.2, 0) is 10.2 Å². The van der Waals surface area contributed by atoms with E-state index in [0.29, 0.717) is 0 Å². The molecule has 0 aliphatic heterocycles. The van der Waals surface area contributed by atoms with E-state index in [2.05, 4.69) is 4.72 Å². The van der Waals surface area contributed by atoms with Gasteiger partial charge in [-0.05, 0) is 19.4 Å². The average Bonchev–Trinajstić information content (AvgIpc) is 2.35. The summed E-state index contributed by atoms with van der Waals surface area (Å²) in [6, 6.07) is 8.16. The summed E-state index contributed by atoms with van der Waals surface area (Å²) in [7, 11) is -2.13. The molecule has 106 valence electrons. The first kappa shape index (κ1) is 16.0. The fourth-order valence-electron chi connectivity index (χ4n) is 1.45. The predicted molar refractivity (Wildman–Crippen MR) is 80.9 cm³/mol. The van der Waals surface area contributed by atoms with E-state index >= 15 is 0 Å². The van der Waals surface area contributed by atoms with Crippen molar-refractivity contribution in [3.63, 3.8) is 0 Å². The Morgan fingerprint density at radius 2 is 1.84 bits per heavy atom. The Bertz CT molecular complexity index is 529. The van der Waals surface area contributed by atoms with Gasteiger partial charge in [0.1, 0.15) is 0 Å². The Morgan fingerprint density at radius 3 is 2.26 bits per heavy atom. The van der Waals surface area contributed by atoms with Crippen LogP contribution in [0.15, 0.2) is 30.3 Å². The second-order valence-electron chi connectivity index (χ2n) is 4.48. The monoisotopic (exact) mass is 301 g/mol. The van der Waals surface area contributed by atoms with Crippen LogP contribution in [0.2, 0.25) is 0 Å². The van der Waals surface area contributed by atoms with E-state index in [9.17, 15) is 8.42 Å². The van der Waals surface area contributed by atoms with Gasteiger partial charge < -0.3 is 5.73 Å². The molecule has 0 saturated heterocycles. The SMILES string of the molecule is CC(C)N(C)S(=O)(=O)NC(C(N)=S)c1ccccc1. The third-order valence-electron chi connectivity index (χ3n) is 2.79. The van der Waals surface area contributed by atoms with E-state index in [-0.39, 0.29) is 11.0 Å². The van der Waals surface area contributed by atoms with Crippen LogP contribution in [0, 0.1) is 0 Å². The largest absolute Gasteiger partial charge is 0.392 e. The van der Waals surface area contributed by atoms with E-state index in [0.717, 1.165) is 5.56 Å². The number of rotatable bonds is 6. The number of hydrogen-bond donors (Lipinski definition) is 2. The van der Waals surface area contributed by atoms with Crippen LogP contribution in [-0.4, -0.2) is 30.8 Å². The molecule has 1 aromatic rings. The molecule has 0 saturated carbocycles. The third kappa shape index (κ3) is 4.24. The van der Waals surface area contributed by atoms with Crippen molar-refractivity contribution in [1.82, 2.24) is 9.03 Å². The lowest BCUT2D eigenvalue weighted by Crippen LogP contribution is -2.46. The summed E-state index contributed by atoms with van der Waals surface area (Å²) < 4.78 is 28.1. The van der Waals surface area contributed by atoms with Crippen molar-refractivity contribution in [1.29, 1.82) is 0 Å². The molecule has 0 aliphatic rings. The van der Waals surface area contributed by atoms with Gasteiger partial charge in [0.15, 0.2) is 0 Å². The minimum Gasteiger partial charge on any atom is -0.392 e. The van der Waals surface area contributed by atoms with Gasteiger partial charge in [0.05, 0.1) is 11.0 Å². The van der Waals surface area contributed by atoms with Gasteiger partial charge in [-0.2, -0.15) is 17.4 Å². The topological polar surface area (TPSA) is 75.4 Å². The van der Waals surface area contributed by atoms with Gasteiger partial charge in [0.25, 0.3) is 10.2 Å². The molecule has 0 bridgehead atoms. The molecule has 0 radical (unpaired) electrons. The van der Waals surface area contributed by atoms with Crippen LogP contribution >= 0.6 is 12.2 Å². The summed E-state index contributed by atoms with van der Waals surface area (Å²) in [5, 5.41) is 0. The van der Waals surface area contributed by atoms with Crippen LogP contribution < -0.4 is 10.5 Å². The molecule has 1 aromatic carbocycles. The Hall–Kier alpha value is -1.02. The van der Waals surface area contributed by atoms with Gasteiger partial charge in [0.2, 0.25) is 0 Å². The van der Waals surface area contributed by atoms with Crippen molar-refractivity contribution in [2.45, 2.75) is 25.9 Å². The quantitative estimate of drug-likeness (QED) is 0.774. The highest BCUT2D eigenvalue weighted by molar-refractivity contribution is 7.87. The molecule has 3 N–H and O–H groups in total. The predicted octanol–water partition coefficient (Wildman–Crippen LogP) is 1.19. The van der Waals surface area contributed by atoms with Crippen molar-refractivity contribution >= 4 is 27.4 Å². The van der Waals surface area contributed by atoms with Crippen LogP contribution in [0.4, 0.5) is 0 Å². The standard InChI is InChI=1S/C12H19N3O2S2/c1-9(2)15(3)19(16,17)14-11(12(13)18)10-7-5-4-6-8-10/h4-9,11,14H,1-3H3,(H2,13,18). The summed E-state index contributed by atoms with van der Waals surface area (Å²) in [6.45, 7) is 3.58. The average molecular weight is 301 g/mol. The highest BCUT2D eigenvalue weighted by Crippen LogP contribution is 2.15. The molecule has 0 aliphatic carbocycles. The van der Waals surface area contributed by atoms with Crippen molar-refractivity contribution in [3.8, 4) is 0 Å². The second kappa shape index (κ2) is 6.42. The summed E-state index contributed by atoms with van der Waals surface area (Å²) in [4.78, 5) is 0.0898. The van der Waals surface area contributed by atoms with E-state index in [1.165, 1.54) is 11.4 Å². The molecule has 7 heteroatoms.